The molecule has 0 atom stereocenters. The molecule has 0 amide bonds. The van der Waals surface area contributed by atoms with Gasteiger partial charge in [-0.25, -0.2) is 0 Å². The van der Waals surface area contributed by atoms with Crippen molar-refractivity contribution in [2.24, 2.45) is 0 Å². The van der Waals surface area contributed by atoms with Crippen molar-refractivity contribution in [2.45, 2.75) is 64.1 Å². The Hall–Kier alpha value is -1.06. The van der Waals surface area contributed by atoms with Crippen LogP contribution in [0.4, 0.5) is 0 Å². The van der Waals surface area contributed by atoms with Crippen LogP contribution in [0.15, 0.2) is 24.3 Å². The van der Waals surface area contributed by atoms with Crippen LogP contribution >= 0.6 is 0 Å². The Bertz CT molecular complexity index is 369. The van der Waals surface area contributed by atoms with Crippen molar-refractivity contribution in [3.05, 3.63) is 29.8 Å². The van der Waals surface area contributed by atoms with Gasteiger partial charge in [0.1, 0.15) is 5.75 Å². The van der Waals surface area contributed by atoms with Gasteiger partial charge in [-0.15, -0.1) is 0 Å². The van der Waals surface area contributed by atoms with Crippen LogP contribution in [-0.2, 0) is 6.54 Å². The molecule has 0 aromatic heterocycles. The lowest BCUT2D eigenvalue weighted by atomic mass is 9.93. The second kappa shape index (κ2) is 8.28. The highest BCUT2D eigenvalue weighted by Crippen LogP contribution is 2.19. The lowest BCUT2D eigenvalue weighted by Gasteiger charge is -2.26. The van der Waals surface area contributed by atoms with E-state index in [-0.39, 0.29) is 6.10 Å². The van der Waals surface area contributed by atoms with Crippen molar-refractivity contribution < 1.29 is 9.84 Å². The zero-order valence-corrected chi connectivity index (χ0v) is 12.5. The number of aliphatic hydroxyl groups excluding tert-OH is 1. The molecular weight excluding hydrogens is 250 g/mol. The van der Waals surface area contributed by atoms with E-state index < -0.39 is 0 Å². The topological polar surface area (TPSA) is 41.5 Å². The Balaban J connectivity index is 1.70. The van der Waals surface area contributed by atoms with Gasteiger partial charge in [0.25, 0.3) is 0 Å². The fourth-order valence-corrected chi connectivity index (χ4v) is 2.58. The summed E-state index contributed by atoms with van der Waals surface area (Å²) in [5.41, 5.74) is 1.29. The third kappa shape index (κ3) is 5.14. The van der Waals surface area contributed by atoms with Crippen molar-refractivity contribution in [1.82, 2.24) is 5.32 Å². The largest absolute Gasteiger partial charge is 0.494 e. The average molecular weight is 277 g/mol. The predicted molar refractivity (Wildman–Crippen MR) is 81.9 cm³/mol. The summed E-state index contributed by atoms with van der Waals surface area (Å²) in [5.74, 6) is 0.961. The lowest BCUT2D eigenvalue weighted by Crippen LogP contribution is -2.34. The zero-order valence-electron chi connectivity index (χ0n) is 12.5. The lowest BCUT2D eigenvalue weighted by molar-refractivity contribution is 0.116. The zero-order chi connectivity index (χ0) is 14.2. The number of ether oxygens (including phenoxy) is 1. The number of hydrogen-bond acceptors (Lipinski definition) is 3. The first-order chi connectivity index (χ1) is 9.78. The highest BCUT2D eigenvalue weighted by atomic mass is 16.5. The Morgan fingerprint density at radius 2 is 1.85 bits per heavy atom. The summed E-state index contributed by atoms with van der Waals surface area (Å²) >= 11 is 0. The predicted octanol–water partition coefficient (Wildman–Crippen LogP) is 3.26. The third-order valence-electron chi connectivity index (χ3n) is 3.98. The standard InChI is InChI=1S/C17H27NO2/c1-2-3-12-20-17-10-4-14(5-11-17)13-18-15-6-8-16(19)9-7-15/h4-5,10-11,15-16,18-19H,2-3,6-9,12-13H2,1H3. The van der Waals surface area contributed by atoms with Crippen molar-refractivity contribution >= 4 is 0 Å². The van der Waals surface area contributed by atoms with Crippen LogP contribution in [0, 0.1) is 0 Å². The Labute approximate surface area is 122 Å². The van der Waals surface area contributed by atoms with Crippen LogP contribution in [0.2, 0.25) is 0 Å². The fraction of sp³-hybridized carbons (Fsp3) is 0.647. The third-order valence-corrected chi connectivity index (χ3v) is 3.98. The molecular formula is C17H27NO2. The quantitative estimate of drug-likeness (QED) is 0.752. The molecule has 2 N–H and O–H groups in total. The minimum absolute atomic E-state index is 0.0763. The molecule has 0 unspecified atom stereocenters. The first-order valence-electron chi connectivity index (χ1n) is 7.91. The summed E-state index contributed by atoms with van der Waals surface area (Å²) in [4.78, 5) is 0. The molecule has 2 rings (SSSR count). The average Bonchev–Trinajstić information content (AvgIpc) is 2.48. The molecule has 0 spiro atoms. The van der Waals surface area contributed by atoms with E-state index in [0.29, 0.717) is 6.04 Å². The van der Waals surface area contributed by atoms with E-state index in [9.17, 15) is 5.11 Å². The second-order valence-electron chi connectivity index (χ2n) is 5.73. The molecule has 1 aromatic carbocycles. The van der Waals surface area contributed by atoms with Gasteiger partial charge in [0, 0.05) is 12.6 Å². The van der Waals surface area contributed by atoms with E-state index in [4.69, 9.17) is 4.74 Å². The fourth-order valence-electron chi connectivity index (χ4n) is 2.58. The number of nitrogens with one attached hydrogen (secondary N) is 1. The molecule has 1 aliphatic carbocycles. The molecule has 0 saturated heterocycles. The molecule has 1 saturated carbocycles. The molecule has 0 heterocycles. The van der Waals surface area contributed by atoms with Crippen molar-refractivity contribution in [3.8, 4) is 5.75 Å². The monoisotopic (exact) mass is 277 g/mol. The maximum atomic E-state index is 9.49. The van der Waals surface area contributed by atoms with E-state index in [2.05, 4.69) is 36.5 Å². The van der Waals surface area contributed by atoms with Gasteiger partial charge >= 0.3 is 0 Å². The number of benzene rings is 1. The molecule has 1 aromatic rings. The van der Waals surface area contributed by atoms with Crippen molar-refractivity contribution in [3.63, 3.8) is 0 Å². The molecule has 1 aliphatic rings. The van der Waals surface area contributed by atoms with E-state index >= 15 is 0 Å². The van der Waals surface area contributed by atoms with Gasteiger partial charge in [-0.1, -0.05) is 25.5 Å². The van der Waals surface area contributed by atoms with E-state index in [1.165, 1.54) is 5.56 Å². The number of unbranched alkanes of at least 4 members (excludes halogenated alkanes) is 1. The maximum absolute atomic E-state index is 9.49. The summed E-state index contributed by atoms with van der Waals surface area (Å²) in [6, 6.07) is 8.92. The van der Waals surface area contributed by atoms with Gasteiger partial charge in [-0.3, -0.25) is 0 Å². The number of hydrogen-bond donors (Lipinski definition) is 2. The van der Waals surface area contributed by atoms with Crippen LogP contribution in [0.1, 0.15) is 51.0 Å². The summed E-state index contributed by atoms with van der Waals surface area (Å²) in [6.07, 6.45) is 6.23. The van der Waals surface area contributed by atoms with Crippen LogP contribution in [0.25, 0.3) is 0 Å². The first kappa shape index (κ1) is 15.3. The highest BCUT2D eigenvalue weighted by Gasteiger charge is 2.18. The Morgan fingerprint density at radius 1 is 1.15 bits per heavy atom. The summed E-state index contributed by atoms with van der Waals surface area (Å²) in [6.45, 7) is 3.87. The minimum Gasteiger partial charge on any atom is -0.494 e. The SMILES string of the molecule is CCCCOc1ccc(CNC2CCC(O)CC2)cc1. The van der Waals surface area contributed by atoms with Crippen molar-refractivity contribution in [2.75, 3.05) is 6.61 Å². The van der Waals surface area contributed by atoms with E-state index in [1.807, 2.05) is 0 Å². The van der Waals surface area contributed by atoms with Crippen LogP contribution in [-0.4, -0.2) is 23.9 Å². The van der Waals surface area contributed by atoms with Crippen LogP contribution < -0.4 is 10.1 Å². The molecule has 3 nitrogen and oxygen atoms in total. The van der Waals surface area contributed by atoms with Gasteiger partial charge in [-0.2, -0.15) is 0 Å². The molecule has 20 heavy (non-hydrogen) atoms. The first-order valence-corrected chi connectivity index (χ1v) is 7.91. The van der Waals surface area contributed by atoms with Gasteiger partial charge in [-0.05, 0) is 49.8 Å². The van der Waals surface area contributed by atoms with Crippen LogP contribution in [0.3, 0.4) is 0 Å². The molecule has 1 fully saturated rings. The van der Waals surface area contributed by atoms with Gasteiger partial charge in [0.05, 0.1) is 12.7 Å². The summed E-state index contributed by atoms with van der Waals surface area (Å²) in [5, 5.41) is 13.1. The van der Waals surface area contributed by atoms with E-state index in [1.54, 1.807) is 0 Å². The molecule has 0 bridgehead atoms. The normalized spacial score (nSPS) is 22.7. The van der Waals surface area contributed by atoms with Gasteiger partial charge in [0.2, 0.25) is 0 Å². The Kier molecular flexibility index (Phi) is 6.34. The summed E-state index contributed by atoms with van der Waals surface area (Å²) < 4.78 is 5.66. The molecule has 0 radical (unpaired) electrons. The Morgan fingerprint density at radius 3 is 2.50 bits per heavy atom. The maximum Gasteiger partial charge on any atom is 0.119 e. The number of rotatable bonds is 7. The minimum atomic E-state index is -0.0763. The second-order valence-corrected chi connectivity index (χ2v) is 5.73. The highest BCUT2D eigenvalue weighted by molar-refractivity contribution is 5.27. The van der Waals surface area contributed by atoms with E-state index in [0.717, 1.165) is 57.4 Å². The molecule has 112 valence electrons. The van der Waals surface area contributed by atoms with Crippen LogP contribution in [0.5, 0.6) is 5.75 Å². The molecule has 3 heteroatoms. The smallest absolute Gasteiger partial charge is 0.119 e. The summed E-state index contributed by atoms with van der Waals surface area (Å²) in [7, 11) is 0. The number of aliphatic hydroxyl groups is 1. The van der Waals surface area contributed by atoms with Crippen molar-refractivity contribution in [1.29, 1.82) is 0 Å². The van der Waals surface area contributed by atoms with Gasteiger partial charge < -0.3 is 15.2 Å². The molecule has 0 aliphatic heterocycles. The van der Waals surface area contributed by atoms with Gasteiger partial charge in [0.15, 0.2) is 0 Å².